The van der Waals surface area contributed by atoms with Gasteiger partial charge in [0.05, 0.1) is 24.8 Å². The Morgan fingerprint density at radius 1 is 1.14 bits per heavy atom. The lowest BCUT2D eigenvalue weighted by atomic mass is 10.2. The van der Waals surface area contributed by atoms with E-state index in [1.165, 1.54) is 12.8 Å². The van der Waals surface area contributed by atoms with Gasteiger partial charge in [-0.05, 0) is 49.1 Å². The molecule has 1 fully saturated rings. The lowest BCUT2D eigenvalue weighted by Gasteiger charge is -2.11. The molecule has 1 aliphatic rings. The molecule has 0 amide bonds. The van der Waals surface area contributed by atoms with Crippen molar-refractivity contribution in [2.24, 2.45) is 5.92 Å². The van der Waals surface area contributed by atoms with Crippen LogP contribution >= 0.6 is 0 Å². The van der Waals surface area contributed by atoms with Crippen LogP contribution < -0.4 is 9.47 Å². The first kappa shape index (κ1) is 13.2. The number of benzene rings is 2. The predicted molar refractivity (Wildman–Crippen MR) is 86.3 cm³/mol. The Kier molecular flexibility index (Phi) is 3.22. The minimum absolute atomic E-state index is 0.708. The Bertz CT molecular complexity index is 773. The molecule has 0 unspecified atom stereocenters. The molecule has 2 aromatic carbocycles. The highest BCUT2D eigenvalue weighted by atomic mass is 16.5. The third-order valence-corrected chi connectivity index (χ3v) is 4.00. The summed E-state index contributed by atoms with van der Waals surface area (Å²) in [4.78, 5) is 7.98. The fourth-order valence-electron chi connectivity index (χ4n) is 2.52. The number of rotatable bonds is 5. The van der Waals surface area contributed by atoms with E-state index in [-0.39, 0.29) is 0 Å². The van der Waals surface area contributed by atoms with Gasteiger partial charge in [-0.15, -0.1) is 0 Å². The average Bonchev–Trinajstić information content (AvgIpc) is 3.29. The van der Waals surface area contributed by atoms with Crippen molar-refractivity contribution in [2.75, 3.05) is 13.7 Å². The van der Waals surface area contributed by atoms with Crippen LogP contribution in [0.3, 0.4) is 0 Å². The van der Waals surface area contributed by atoms with E-state index in [0.29, 0.717) is 5.92 Å². The molecule has 4 rings (SSSR count). The number of imidazole rings is 1. The maximum Gasteiger partial charge on any atom is 0.161 e. The molecule has 1 aliphatic carbocycles. The lowest BCUT2D eigenvalue weighted by molar-refractivity contribution is 0.280. The number of nitrogens with one attached hydrogen (secondary N) is 1. The molecule has 0 saturated heterocycles. The summed E-state index contributed by atoms with van der Waals surface area (Å²) in [5.74, 6) is 3.10. The molecule has 1 aromatic heterocycles. The molecule has 0 aliphatic heterocycles. The lowest BCUT2D eigenvalue weighted by Crippen LogP contribution is -2.01. The summed E-state index contributed by atoms with van der Waals surface area (Å²) in [6.07, 6.45) is 2.54. The van der Waals surface area contributed by atoms with Crippen LogP contribution in [0, 0.1) is 5.92 Å². The minimum atomic E-state index is 0.708. The maximum atomic E-state index is 5.92. The van der Waals surface area contributed by atoms with E-state index in [9.17, 15) is 0 Å². The van der Waals surface area contributed by atoms with Gasteiger partial charge in [-0.3, -0.25) is 0 Å². The van der Waals surface area contributed by atoms with Crippen molar-refractivity contribution >= 4 is 11.0 Å². The van der Waals surface area contributed by atoms with E-state index in [2.05, 4.69) is 9.97 Å². The highest BCUT2D eigenvalue weighted by Crippen LogP contribution is 2.35. The monoisotopic (exact) mass is 294 g/mol. The van der Waals surface area contributed by atoms with E-state index in [1.807, 2.05) is 42.5 Å². The number of nitrogens with zero attached hydrogens (tertiary/aromatic N) is 1. The third-order valence-electron chi connectivity index (χ3n) is 4.00. The van der Waals surface area contributed by atoms with Crippen LogP contribution in [0.15, 0.2) is 42.5 Å². The standard InChI is InChI=1S/C18H18N2O2/c1-21-16-9-8-13(10-17(16)22-11-12-6-7-12)18-19-14-4-2-3-5-15(14)20-18/h2-5,8-10,12H,6-7,11H2,1H3,(H,19,20). The van der Waals surface area contributed by atoms with E-state index in [1.54, 1.807) is 7.11 Å². The largest absolute Gasteiger partial charge is 0.493 e. The highest BCUT2D eigenvalue weighted by Gasteiger charge is 2.22. The molecule has 4 heteroatoms. The molecular formula is C18H18N2O2. The first-order valence-electron chi connectivity index (χ1n) is 7.59. The van der Waals surface area contributed by atoms with Crippen molar-refractivity contribution in [3.8, 4) is 22.9 Å². The molecular weight excluding hydrogens is 276 g/mol. The Hall–Kier alpha value is -2.49. The molecule has 1 N–H and O–H groups in total. The summed E-state index contributed by atoms with van der Waals surface area (Å²) >= 11 is 0. The summed E-state index contributed by atoms with van der Waals surface area (Å²) < 4.78 is 11.3. The number of methoxy groups -OCH3 is 1. The Morgan fingerprint density at radius 2 is 2.00 bits per heavy atom. The molecule has 0 radical (unpaired) electrons. The van der Waals surface area contributed by atoms with Crippen LogP contribution in [0.2, 0.25) is 0 Å². The average molecular weight is 294 g/mol. The van der Waals surface area contributed by atoms with Crippen molar-refractivity contribution in [2.45, 2.75) is 12.8 Å². The Labute approximate surface area is 129 Å². The van der Waals surface area contributed by atoms with Gasteiger partial charge in [0.1, 0.15) is 5.82 Å². The van der Waals surface area contributed by atoms with Crippen molar-refractivity contribution in [3.05, 3.63) is 42.5 Å². The summed E-state index contributed by atoms with van der Waals surface area (Å²) in [7, 11) is 1.67. The number of H-pyrrole nitrogens is 1. The zero-order valence-corrected chi connectivity index (χ0v) is 12.5. The van der Waals surface area contributed by atoms with Crippen LogP contribution in [-0.2, 0) is 0 Å². The molecule has 112 valence electrons. The quantitative estimate of drug-likeness (QED) is 0.773. The molecule has 4 nitrogen and oxygen atoms in total. The Balaban J connectivity index is 1.69. The third kappa shape index (κ3) is 2.52. The van der Waals surface area contributed by atoms with Crippen molar-refractivity contribution in [1.29, 1.82) is 0 Å². The van der Waals surface area contributed by atoms with Gasteiger partial charge in [0.25, 0.3) is 0 Å². The fraction of sp³-hybridized carbons (Fsp3) is 0.278. The van der Waals surface area contributed by atoms with E-state index in [0.717, 1.165) is 40.5 Å². The van der Waals surface area contributed by atoms with Gasteiger partial charge >= 0.3 is 0 Å². The molecule has 0 atom stereocenters. The van der Waals surface area contributed by atoms with Crippen molar-refractivity contribution in [1.82, 2.24) is 9.97 Å². The Morgan fingerprint density at radius 3 is 2.77 bits per heavy atom. The van der Waals surface area contributed by atoms with Gasteiger partial charge in [0, 0.05) is 5.56 Å². The van der Waals surface area contributed by atoms with E-state index < -0.39 is 0 Å². The van der Waals surface area contributed by atoms with Crippen LogP contribution in [0.1, 0.15) is 12.8 Å². The SMILES string of the molecule is COc1ccc(-c2nc3ccccc3[nH]2)cc1OCC1CC1. The van der Waals surface area contributed by atoms with Gasteiger partial charge in [0.2, 0.25) is 0 Å². The van der Waals surface area contributed by atoms with Crippen LogP contribution in [0.5, 0.6) is 11.5 Å². The molecule has 3 aromatic rings. The number of ether oxygens (including phenoxy) is 2. The second-order valence-corrected chi connectivity index (χ2v) is 5.72. The number of hydrogen-bond donors (Lipinski definition) is 1. The second kappa shape index (κ2) is 5.37. The summed E-state index contributed by atoms with van der Waals surface area (Å²) in [6, 6.07) is 14.0. The van der Waals surface area contributed by atoms with Crippen LogP contribution in [0.25, 0.3) is 22.4 Å². The highest BCUT2D eigenvalue weighted by molar-refractivity contribution is 5.79. The topological polar surface area (TPSA) is 47.1 Å². The first-order valence-corrected chi connectivity index (χ1v) is 7.59. The number of para-hydroxylation sites is 2. The molecule has 1 saturated carbocycles. The fourth-order valence-corrected chi connectivity index (χ4v) is 2.52. The summed E-state index contributed by atoms with van der Waals surface area (Å²) in [5.41, 5.74) is 3.00. The number of fused-ring (bicyclic) bond motifs is 1. The molecule has 0 spiro atoms. The molecule has 0 bridgehead atoms. The predicted octanol–water partition coefficient (Wildman–Crippen LogP) is 4.03. The van der Waals surface area contributed by atoms with Gasteiger partial charge in [-0.25, -0.2) is 4.98 Å². The first-order chi connectivity index (χ1) is 10.8. The number of aromatic amines is 1. The van der Waals surface area contributed by atoms with Crippen LogP contribution in [-0.4, -0.2) is 23.7 Å². The van der Waals surface area contributed by atoms with E-state index in [4.69, 9.17) is 9.47 Å². The minimum Gasteiger partial charge on any atom is -0.493 e. The number of hydrogen-bond acceptors (Lipinski definition) is 3. The normalized spacial score (nSPS) is 14.2. The smallest absolute Gasteiger partial charge is 0.161 e. The van der Waals surface area contributed by atoms with Gasteiger partial charge in [-0.2, -0.15) is 0 Å². The number of aromatic nitrogens is 2. The van der Waals surface area contributed by atoms with Gasteiger partial charge < -0.3 is 14.5 Å². The van der Waals surface area contributed by atoms with E-state index >= 15 is 0 Å². The van der Waals surface area contributed by atoms with Crippen molar-refractivity contribution in [3.63, 3.8) is 0 Å². The van der Waals surface area contributed by atoms with Gasteiger partial charge in [-0.1, -0.05) is 12.1 Å². The van der Waals surface area contributed by atoms with Crippen LogP contribution in [0.4, 0.5) is 0 Å². The molecule has 22 heavy (non-hydrogen) atoms. The van der Waals surface area contributed by atoms with Gasteiger partial charge in [0.15, 0.2) is 11.5 Å². The summed E-state index contributed by atoms with van der Waals surface area (Å²) in [6.45, 7) is 0.764. The second-order valence-electron chi connectivity index (χ2n) is 5.72. The van der Waals surface area contributed by atoms with Crippen molar-refractivity contribution < 1.29 is 9.47 Å². The zero-order chi connectivity index (χ0) is 14.9. The zero-order valence-electron chi connectivity index (χ0n) is 12.5. The molecule has 1 heterocycles. The maximum absolute atomic E-state index is 5.92. The summed E-state index contributed by atoms with van der Waals surface area (Å²) in [5, 5.41) is 0.